The van der Waals surface area contributed by atoms with Crippen LogP contribution in [0.25, 0.3) is 33.6 Å². The highest BCUT2D eigenvalue weighted by Gasteiger charge is 2.47. The minimum Gasteiger partial charge on any atom is -0.494 e. The number of piperidine rings is 1. The first-order chi connectivity index (χ1) is 20.9. The number of hydrogen-bond acceptors (Lipinski definition) is 7. The summed E-state index contributed by atoms with van der Waals surface area (Å²) in [6.45, 7) is 1.51. The summed E-state index contributed by atoms with van der Waals surface area (Å²) in [6.07, 6.45) is 5.71. The van der Waals surface area contributed by atoms with Crippen molar-refractivity contribution in [3.8, 4) is 28.9 Å². The van der Waals surface area contributed by atoms with E-state index in [-0.39, 0.29) is 18.0 Å². The standard InChI is InChI=1S/C32H32FN7O3/c1-38-29-22(11-20(13-25(29)42-2)32(41)40-16-19-5-8-23(40)28(19)34)36-31(38)24-12-18-6-10-27(43-21-7-9-26(33)35-14-21)37-30(18)39(24)15-17-3-4-17/h6-7,9-14,17,19,23,28H,3-5,8,15-16,34H2,1-2H3. The van der Waals surface area contributed by atoms with E-state index in [1.54, 1.807) is 13.2 Å². The fourth-order valence-corrected chi connectivity index (χ4v) is 6.91. The Morgan fingerprint density at radius 2 is 1.95 bits per heavy atom. The maximum atomic E-state index is 13.7. The van der Waals surface area contributed by atoms with E-state index in [1.165, 1.54) is 31.2 Å². The Morgan fingerprint density at radius 1 is 1.09 bits per heavy atom. The second kappa shape index (κ2) is 9.77. The van der Waals surface area contributed by atoms with Gasteiger partial charge in [-0.05, 0) is 73.9 Å². The van der Waals surface area contributed by atoms with Gasteiger partial charge in [-0.15, -0.1) is 0 Å². The molecule has 5 heterocycles. The Labute approximate surface area is 247 Å². The van der Waals surface area contributed by atoms with Crippen molar-refractivity contribution in [1.82, 2.24) is 29.0 Å². The van der Waals surface area contributed by atoms with Crippen LogP contribution in [0.4, 0.5) is 4.39 Å². The molecule has 2 bridgehead atoms. The third-order valence-corrected chi connectivity index (χ3v) is 9.32. The number of nitrogens with two attached hydrogens (primary N) is 1. The lowest BCUT2D eigenvalue weighted by Gasteiger charge is -2.27. The Kier molecular flexibility index (Phi) is 5.94. The molecular weight excluding hydrogens is 549 g/mol. The van der Waals surface area contributed by atoms with Crippen LogP contribution in [-0.2, 0) is 13.6 Å². The maximum absolute atomic E-state index is 13.7. The molecule has 2 saturated carbocycles. The van der Waals surface area contributed by atoms with Gasteiger partial charge in [0.05, 0.1) is 24.5 Å². The number of aromatic nitrogens is 5. The van der Waals surface area contributed by atoms with Crippen LogP contribution in [-0.4, -0.2) is 60.6 Å². The number of carbonyl (C=O) groups excluding carboxylic acids is 1. The predicted molar refractivity (Wildman–Crippen MR) is 159 cm³/mol. The summed E-state index contributed by atoms with van der Waals surface area (Å²) < 4.78 is 29.2. The number of likely N-dealkylation sites (tertiary alicyclic amines) is 1. The third-order valence-electron chi connectivity index (χ3n) is 9.32. The average Bonchev–Trinajstić information content (AvgIpc) is 3.42. The van der Waals surface area contributed by atoms with E-state index in [0.717, 1.165) is 47.5 Å². The number of amides is 1. The number of nitrogens with zero attached hydrogens (tertiary/aromatic N) is 6. The molecule has 10 nitrogen and oxygen atoms in total. The molecule has 3 atom stereocenters. The van der Waals surface area contributed by atoms with Gasteiger partial charge in [0, 0.05) is 49.2 Å². The van der Waals surface area contributed by atoms with Crippen LogP contribution >= 0.6 is 0 Å². The van der Waals surface area contributed by atoms with Gasteiger partial charge in [0.25, 0.3) is 5.91 Å². The smallest absolute Gasteiger partial charge is 0.254 e. The first kappa shape index (κ1) is 26.1. The zero-order valence-corrected chi connectivity index (χ0v) is 24.0. The summed E-state index contributed by atoms with van der Waals surface area (Å²) in [6, 6.07) is 12.5. The molecule has 1 aromatic carbocycles. The van der Waals surface area contributed by atoms with Crippen LogP contribution in [0.15, 0.2) is 48.7 Å². The number of methoxy groups -OCH3 is 1. The monoisotopic (exact) mass is 581 g/mol. The van der Waals surface area contributed by atoms with Gasteiger partial charge < -0.3 is 29.2 Å². The minimum absolute atomic E-state index is 0.0222. The molecule has 2 aliphatic carbocycles. The molecule has 3 fully saturated rings. The lowest BCUT2D eigenvalue weighted by Crippen LogP contribution is -2.41. The topological polar surface area (TPSA) is 113 Å². The Balaban J connectivity index is 1.20. The molecule has 4 aromatic heterocycles. The van der Waals surface area contributed by atoms with Crippen molar-refractivity contribution in [2.45, 2.75) is 44.3 Å². The van der Waals surface area contributed by atoms with E-state index < -0.39 is 5.95 Å². The van der Waals surface area contributed by atoms with Crippen molar-refractivity contribution in [1.29, 1.82) is 0 Å². The van der Waals surface area contributed by atoms with Crippen molar-refractivity contribution in [3.05, 3.63) is 60.2 Å². The molecule has 1 saturated heterocycles. The Bertz CT molecular complexity index is 1900. The molecule has 3 aliphatic rings. The van der Waals surface area contributed by atoms with E-state index in [4.69, 9.17) is 25.2 Å². The summed E-state index contributed by atoms with van der Waals surface area (Å²) in [5.41, 5.74) is 10.2. The third kappa shape index (κ3) is 4.32. The highest BCUT2D eigenvalue weighted by Crippen LogP contribution is 2.40. The summed E-state index contributed by atoms with van der Waals surface area (Å²) in [5, 5.41) is 0.954. The van der Waals surface area contributed by atoms with Crippen LogP contribution in [0.5, 0.6) is 17.4 Å². The molecule has 2 N–H and O–H groups in total. The lowest BCUT2D eigenvalue weighted by atomic mass is 10.1. The van der Waals surface area contributed by atoms with Gasteiger partial charge in [0.15, 0.2) is 5.82 Å². The first-order valence-corrected chi connectivity index (χ1v) is 14.8. The predicted octanol–water partition coefficient (Wildman–Crippen LogP) is 4.90. The van der Waals surface area contributed by atoms with Gasteiger partial charge >= 0.3 is 0 Å². The van der Waals surface area contributed by atoms with Gasteiger partial charge in [0.2, 0.25) is 11.8 Å². The van der Waals surface area contributed by atoms with Crippen LogP contribution in [0.2, 0.25) is 0 Å². The number of hydrogen-bond donors (Lipinski definition) is 1. The van der Waals surface area contributed by atoms with Crippen molar-refractivity contribution < 1.29 is 18.7 Å². The fourth-order valence-electron chi connectivity index (χ4n) is 6.91. The molecule has 0 spiro atoms. The van der Waals surface area contributed by atoms with E-state index in [0.29, 0.717) is 46.8 Å². The van der Waals surface area contributed by atoms with Crippen LogP contribution in [0.3, 0.4) is 0 Å². The Hall–Kier alpha value is -4.51. The molecule has 3 unspecified atom stereocenters. The largest absolute Gasteiger partial charge is 0.494 e. The number of pyridine rings is 2. The molecule has 220 valence electrons. The quantitative estimate of drug-likeness (QED) is 0.272. The van der Waals surface area contributed by atoms with Crippen LogP contribution < -0.4 is 15.2 Å². The van der Waals surface area contributed by atoms with Crippen LogP contribution in [0, 0.1) is 17.8 Å². The highest BCUT2D eigenvalue weighted by molar-refractivity contribution is 6.00. The van der Waals surface area contributed by atoms with E-state index >= 15 is 0 Å². The number of carbonyl (C=O) groups is 1. The number of imidazole rings is 1. The second-order valence-corrected chi connectivity index (χ2v) is 12.0. The molecule has 1 amide bonds. The summed E-state index contributed by atoms with van der Waals surface area (Å²) in [4.78, 5) is 29.2. The molecule has 8 rings (SSSR count). The van der Waals surface area contributed by atoms with E-state index in [2.05, 4.69) is 15.6 Å². The number of benzene rings is 1. The SMILES string of the molecule is COc1cc(C(=O)N2CC3CCC2C3N)cc2nc(-c3cc4ccc(Oc5ccc(F)nc5)nc4n3CC3CC3)n(C)c12. The summed E-state index contributed by atoms with van der Waals surface area (Å²) >= 11 is 0. The number of aryl methyl sites for hydroxylation is 1. The number of rotatable bonds is 7. The van der Waals surface area contributed by atoms with Gasteiger partial charge in [-0.2, -0.15) is 9.37 Å². The number of fused-ring (bicyclic) bond motifs is 4. The summed E-state index contributed by atoms with van der Waals surface area (Å²) in [7, 11) is 3.59. The highest BCUT2D eigenvalue weighted by atomic mass is 19.1. The van der Waals surface area contributed by atoms with Crippen molar-refractivity contribution in [3.63, 3.8) is 0 Å². The van der Waals surface area contributed by atoms with Crippen molar-refractivity contribution in [2.24, 2.45) is 24.6 Å². The number of ether oxygens (including phenoxy) is 2. The minimum atomic E-state index is -0.568. The Morgan fingerprint density at radius 3 is 2.65 bits per heavy atom. The van der Waals surface area contributed by atoms with Crippen molar-refractivity contribution >= 4 is 28.0 Å². The lowest BCUT2D eigenvalue weighted by molar-refractivity contribution is 0.0700. The van der Waals surface area contributed by atoms with E-state index in [1.807, 2.05) is 34.7 Å². The second-order valence-electron chi connectivity index (χ2n) is 12.0. The average molecular weight is 582 g/mol. The number of halogens is 1. The molecule has 0 radical (unpaired) electrons. The van der Waals surface area contributed by atoms with Crippen molar-refractivity contribution in [2.75, 3.05) is 13.7 Å². The fraction of sp³-hybridized carbons (Fsp3) is 0.375. The van der Waals surface area contributed by atoms with Gasteiger partial charge in [-0.3, -0.25) is 4.79 Å². The zero-order valence-electron chi connectivity index (χ0n) is 24.0. The first-order valence-electron chi connectivity index (χ1n) is 14.8. The molecule has 5 aromatic rings. The van der Waals surface area contributed by atoms with Gasteiger partial charge in [-0.1, -0.05) is 0 Å². The van der Waals surface area contributed by atoms with Crippen LogP contribution in [0.1, 0.15) is 36.0 Å². The molecule has 43 heavy (non-hydrogen) atoms. The summed E-state index contributed by atoms with van der Waals surface area (Å²) in [5.74, 6) is 2.51. The normalized spacial score (nSPS) is 21.3. The molecule has 1 aliphatic heterocycles. The zero-order chi connectivity index (χ0) is 29.4. The van der Waals surface area contributed by atoms with E-state index in [9.17, 15) is 9.18 Å². The molecular formula is C32H32FN7O3. The van der Waals surface area contributed by atoms with Gasteiger partial charge in [0.1, 0.15) is 22.7 Å². The molecule has 11 heteroatoms. The van der Waals surface area contributed by atoms with Gasteiger partial charge in [-0.25, -0.2) is 9.97 Å². The maximum Gasteiger partial charge on any atom is 0.254 e.